The van der Waals surface area contributed by atoms with E-state index in [1.165, 1.54) is 0 Å². The smallest absolute Gasteiger partial charge is 0.410 e. The van der Waals surface area contributed by atoms with E-state index in [-0.39, 0.29) is 11.7 Å². The third-order valence-corrected chi connectivity index (χ3v) is 4.84. The van der Waals surface area contributed by atoms with E-state index in [9.17, 15) is 14.7 Å². The first-order chi connectivity index (χ1) is 15.5. The van der Waals surface area contributed by atoms with E-state index in [2.05, 4.69) is 6.92 Å². The van der Waals surface area contributed by atoms with Crippen LogP contribution in [0, 0.1) is 0 Å². The molecule has 2 aromatic rings. The highest BCUT2D eigenvalue weighted by molar-refractivity contribution is 5.91. The Labute approximate surface area is 196 Å². The van der Waals surface area contributed by atoms with Crippen LogP contribution in [0.2, 0.25) is 0 Å². The third-order valence-electron chi connectivity index (χ3n) is 4.84. The molecule has 0 fully saturated rings. The second-order valence-electron chi connectivity index (χ2n) is 9.13. The maximum Gasteiger partial charge on any atom is 0.410 e. The topological polar surface area (TPSA) is 76.1 Å². The molecular formula is C27H35NO5. The molecule has 0 aliphatic rings. The standard InChI is InChI=1S/C27H35NO5/c1-7-8-14-32-24-17-20(15-19(2)25(29)30)12-13-23(24)22-11-9-10-21(16-22)18-28(6)26(31)33-27(3,4)5/h9-13,15-17H,7-8,14,18H2,1-6H3,(H,29,30)/b19-15+. The van der Waals surface area contributed by atoms with Crippen LogP contribution >= 0.6 is 0 Å². The van der Waals surface area contributed by atoms with Crippen LogP contribution in [0.15, 0.2) is 48.0 Å². The lowest BCUT2D eigenvalue weighted by Gasteiger charge is -2.24. The molecule has 1 N–H and O–H groups in total. The minimum Gasteiger partial charge on any atom is -0.493 e. The Bertz CT molecular complexity index is 1000. The lowest BCUT2D eigenvalue weighted by atomic mass is 9.99. The quantitative estimate of drug-likeness (QED) is 0.352. The van der Waals surface area contributed by atoms with Gasteiger partial charge < -0.3 is 19.5 Å². The summed E-state index contributed by atoms with van der Waals surface area (Å²) in [6, 6.07) is 13.6. The summed E-state index contributed by atoms with van der Waals surface area (Å²) in [5, 5.41) is 9.19. The van der Waals surface area contributed by atoms with Gasteiger partial charge in [0.05, 0.1) is 6.61 Å². The van der Waals surface area contributed by atoms with Crippen molar-refractivity contribution in [2.75, 3.05) is 13.7 Å². The first-order valence-corrected chi connectivity index (χ1v) is 11.2. The molecule has 0 unspecified atom stereocenters. The van der Waals surface area contributed by atoms with E-state index in [4.69, 9.17) is 9.47 Å². The summed E-state index contributed by atoms with van der Waals surface area (Å²) in [6.45, 7) is 10.2. The van der Waals surface area contributed by atoms with Crippen molar-refractivity contribution in [2.45, 2.75) is 59.6 Å². The third kappa shape index (κ3) is 8.29. The molecule has 0 spiro atoms. The number of nitrogens with zero attached hydrogens (tertiary/aromatic N) is 1. The Morgan fingerprint density at radius 2 is 1.85 bits per heavy atom. The molecule has 2 rings (SSSR count). The summed E-state index contributed by atoms with van der Waals surface area (Å²) in [4.78, 5) is 25.1. The highest BCUT2D eigenvalue weighted by Gasteiger charge is 2.20. The Hall–Kier alpha value is -3.28. The van der Waals surface area contributed by atoms with Crippen LogP contribution < -0.4 is 4.74 Å². The zero-order valence-corrected chi connectivity index (χ0v) is 20.5. The van der Waals surface area contributed by atoms with Gasteiger partial charge in [0.1, 0.15) is 11.4 Å². The minimum absolute atomic E-state index is 0.259. The second-order valence-corrected chi connectivity index (χ2v) is 9.13. The van der Waals surface area contributed by atoms with E-state index < -0.39 is 11.6 Å². The van der Waals surface area contributed by atoms with Crippen LogP contribution in [0.4, 0.5) is 4.79 Å². The highest BCUT2D eigenvalue weighted by Crippen LogP contribution is 2.33. The van der Waals surface area contributed by atoms with Crippen molar-refractivity contribution in [1.29, 1.82) is 0 Å². The number of unbranched alkanes of at least 4 members (excludes halogenated alkanes) is 1. The lowest BCUT2D eigenvalue weighted by Crippen LogP contribution is -2.33. The number of hydrogen-bond acceptors (Lipinski definition) is 4. The van der Waals surface area contributed by atoms with Crippen LogP contribution in [0.25, 0.3) is 17.2 Å². The summed E-state index contributed by atoms with van der Waals surface area (Å²) < 4.78 is 11.5. The Morgan fingerprint density at radius 1 is 1.12 bits per heavy atom. The fourth-order valence-corrected chi connectivity index (χ4v) is 3.14. The van der Waals surface area contributed by atoms with Gasteiger partial charge in [-0.15, -0.1) is 0 Å². The molecule has 0 bridgehead atoms. The number of aliphatic carboxylic acids is 1. The SMILES string of the molecule is CCCCOc1cc(/C=C(\C)C(=O)O)ccc1-c1cccc(CN(C)C(=O)OC(C)(C)C)c1. The molecule has 0 saturated heterocycles. The van der Waals surface area contributed by atoms with E-state index in [1.54, 1.807) is 24.9 Å². The number of carbonyl (C=O) groups is 2. The number of benzene rings is 2. The van der Waals surface area contributed by atoms with Crippen molar-refractivity contribution >= 4 is 18.1 Å². The number of hydrogen-bond donors (Lipinski definition) is 1. The summed E-state index contributed by atoms with van der Waals surface area (Å²) in [6.07, 6.45) is 3.19. The van der Waals surface area contributed by atoms with Gasteiger partial charge in [0.2, 0.25) is 0 Å². The summed E-state index contributed by atoms with van der Waals surface area (Å²) >= 11 is 0. The zero-order valence-electron chi connectivity index (χ0n) is 20.5. The molecule has 0 saturated carbocycles. The van der Waals surface area contributed by atoms with Crippen molar-refractivity contribution < 1.29 is 24.2 Å². The van der Waals surface area contributed by atoms with Gasteiger partial charge >= 0.3 is 12.1 Å². The van der Waals surface area contributed by atoms with Gasteiger partial charge in [-0.3, -0.25) is 0 Å². The van der Waals surface area contributed by atoms with Gasteiger partial charge in [-0.1, -0.05) is 43.7 Å². The van der Waals surface area contributed by atoms with Crippen molar-refractivity contribution in [1.82, 2.24) is 4.90 Å². The number of amides is 1. The molecule has 0 atom stereocenters. The fourth-order valence-electron chi connectivity index (χ4n) is 3.14. The number of ether oxygens (including phenoxy) is 2. The normalized spacial score (nSPS) is 11.8. The molecule has 33 heavy (non-hydrogen) atoms. The summed E-state index contributed by atoms with van der Waals surface area (Å²) in [5.74, 6) is -0.248. The van der Waals surface area contributed by atoms with Gasteiger partial charge in [0.25, 0.3) is 0 Å². The number of carboxylic acid groups (broad SMARTS) is 1. The van der Waals surface area contributed by atoms with E-state index in [0.717, 1.165) is 35.1 Å². The predicted molar refractivity (Wildman–Crippen MR) is 131 cm³/mol. The molecule has 0 radical (unpaired) electrons. The Kier molecular flexibility index (Phi) is 9.09. The molecule has 0 aliphatic carbocycles. The highest BCUT2D eigenvalue weighted by atomic mass is 16.6. The van der Waals surface area contributed by atoms with Crippen molar-refractivity contribution in [3.05, 3.63) is 59.2 Å². The van der Waals surface area contributed by atoms with Gasteiger partial charge in [0.15, 0.2) is 0 Å². The predicted octanol–water partition coefficient (Wildman–Crippen LogP) is 6.39. The summed E-state index contributed by atoms with van der Waals surface area (Å²) in [5.41, 5.74) is 3.32. The molecule has 6 heteroatoms. The number of carbonyl (C=O) groups excluding carboxylic acids is 1. The molecule has 6 nitrogen and oxygen atoms in total. The largest absolute Gasteiger partial charge is 0.493 e. The number of carboxylic acids is 1. The molecule has 2 aromatic carbocycles. The van der Waals surface area contributed by atoms with Crippen LogP contribution in [0.1, 0.15) is 58.6 Å². The summed E-state index contributed by atoms with van der Waals surface area (Å²) in [7, 11) is 1.71. The Morgan fingerprint density at radius 3 is 2.48 bits per heavy atom. The van der Waals surface area contributed by atoms with E-state index in [1.807, 2.05) is 63.2 Å². The molecule has 0 aromatic heterocycles. The number of rotatable bonds is 9. The van der Waals surface area contributed by atoms with E-state index >= 15 is 0 Å². The molecule has 1 amide bonds. The monoisotopic (exact) mass is 453 g/mol. The van der Waals surface area contributed by atoms with Crippen molar-refractivity contribution in [3.8, 4) is 16.9 Å². The van der Waals surface area contributed by atoms with Crippen LogP contribution in [0.5, 0.6) is 5.75 Å². The first kappa shape index (κ1) is 26.0. The molecule has 0 heterocycles. The van der Waals surface area contributed by atoms with Gasteiger partial charge in [-0.05, 0) is 69.0 Å². The lowest BCUT2D eigenvalue weighted by molar-refractivity contribution is -0.132. The van der Waals surface area contributed by atoms with Crippen LogP contribution in [-0.2, 0) is 16.1 Å². The second kappa shape index (κ2) is 11.5. The van der Waals surface area contributed by atoms with Crippen molar-refractivity contribution in [2.24, 2.45) is 0 Å². The van der Waals surface area contributed by atoms with Gasteiger partial charge in [-0.2, -0.15) is 0 Å². The minimum atomic E-state index is -0.950. The van der Waals surface area contributed by atoms with Crippen molar-refractivity contribution in [3.63, 3.8) is 0 Å². The van der Waals surface area contributed by atoms with Gasteiger partial charge in [0, 0.05) is 24.7 Å². The maximum absolute atomic E-state index is 12.3. The van der Waals surface area contributed by atoms with Gasteiger partial charge in [-0.25, -0.2) is 9.59 Å². The first-order valence-electron chi connectivity index (χ1n) is 11.2. The zero-order chi connectivity index (χ0) is 24.6. The molecule has 178 valence electrons. The fraction of sp³-hybridized carbons (Fsp3) is 0.407. The van der Waals surface area contributed by atoms with Crippen LogP contribution in [0.3, 0.4) is 0 Å². The van der Waals surface area contributed by atoms with E-state index in [0.29, 0.717) is 18.9 Å². The molecular weight excluding hydrogens is 418 g/mol. The van der Waals surface area contributed by atoms with Crippen LogP contribution in [-0.4, -0.2) is 41.3 Å². The molecule has 0 aliphatic heterocycles. The maximum atomic E-state index is 12.3. The Balaban J connectivity index is 2.33. The average molecular weight is 454 g/mol. The average Bonchev–Trinajstić information content (AvgIpc) is 2.73.